The van der Waals surface area contributed by atoms with Gasteiger partial charge in [0.15, 0.2) is 0 Å². The van der Waals surface area contributed by atoms with Crippen molar-refractivity contribution in [2.24, 2.45) is 0 Å². The number of amides is 2. The molecule has 1 aliphatic heterocycles. The number of nitrogens with zero attached hydrogens (tertiary/aromatic N) is 2. The van der Waals surface area contributed by atoms with E-state index < -0.39 is 21.8 Å². The van der Waals surface area contributed by atoms with E-state index in [9.17, 15) is 18.3 Å². The number of benzene rings is 2. The summed E-state index contributed by atoms with van der Waals surface area (Å²) >= 11 is 1.39. The number of hydrogen-bond acceptors (Lipinski definition) is 7. The van der Waals surface area contributed by atoms with E-state index in [1.54, 1.807) is 51.2 Å². The Morgan fingerprint density at radius 1 is 1.16 bits per heavy atom. The Hall–Kier alpha value is -2.99. The summed E-state index contributed by atoms with van der Waals surface area (Å²) in [6.45, 7) is 9.85. The number of carbonyl (C=O) groups excluding carboxylic acids is 1. The molecule has 204 valence electrons. The number of rotatable bonds is 7. The van der Waals surface area contributed by atoms with Crippen molar-refractivity contribution in [3.63, 3.8) is 0 Å². The van der Waals surface area contributed by atoms with Crippen LogP contribution in [0.15, 0.2) is 53.6 Å². The lowest BCUT2D eigenvalue weighted by molar-refractivity contribution is 0.185. The molecule has 38 heavy (non-hydrogen) atoms. The summed E-state index contributed by atoms with van der Waals surface area (Å²) in [5.41, 5.74) is 2.06. The predicted octanol–water partition coefficient (Wildman–Crippen LogP) is 5.00. The van der Waals surface area contributed by atoms with Crippen LogP contribution in [0.3, 0.4) is 0 Å². The number of anilines is 2. The normalized spacial score (nSPS) is 16.2. The van der Waals surface area contributed by atoms with Crippen LogP contribution in [0.4, 0.5) is 16.2 Å². The molecule has 1 atom stereocenters. The van der Waals surface area contributed by atoms with E-state index in [-0.39, 0.29) is 17.0 Å². The Labute approximate surface area is 228 Å². The lowest BCUT2D eigenvalue weighted by Gasteiger charge is -2.25. The molecule has 1 unspecified atom stereocenters. The molecule has 1 fully saturated rings. The first kappa shape index (κ1) is 28.0. The number of aromatic nitrogens is 1. The fourth-order valence-corrected chi connectivity index (χ4v) is 6.97. The minimum atomic E-state index is -3.87. The van der Waals surface area contributed by atoms with Gasteiger partial charge in [-0.15, -0.1) is 11.3 Å². The zero-order valence-corrected chi connectivity index (χ0v) is 23.9. The van der Waals surface area contributed by atoms with Gasteiger partial charge >= 0.3 is 6.03 Å². The van der Waals surface area contributed by atoms with Gasteiger partial charge in [-0.1, -0.05) is 6.07 Å². The summed E-state index contributed by atoms with van der Waals surface area (Å²) in [4.78, 5) is 19.2. The highest BCUT2D eigenvalue weighted by molar-refractivity contribution is 7.89. The van der Waals surface area contributed by atoms with Crippen molar-refractivity contribution in [2.75, 3.05) is 16.8 Å². The number of nitrogens with one attached hydrogen (secondary N) is 3. The summed E-state index contributed by atoms with van der Waals surface area (Å²) in [6, 6.07) is 12.4. The molecule has 1 saturated heterocycles. The Balaban J connectivity index is 1.66. The molecule has 2 heterocycles. The Kier molecular flexibility index (Phi) is 8.12. The maximum absolute atomic E-state index is 13.5. The number of urea groups is 1. The summed E-state index contributed by atoms with van der Waals surface area (Å²) in [7, 11) is -3.87. The first-order chi connectivity index (χ1) is 17.8. The molecule has 0 radical (unpaired) electrons. The second-order valence-corrected chi connectivity index (χ2v) is 13.4. The highest BCUT2D eigenvalue weighted by atomic mass is 32.2. The molecule has 0 saturated carbocycles. The minimum absolute atomic E-state index is 0.0322. The molecular formula is C27H35N5O4S2. The summed E-state index contributed by atoms with van der Waals surface area (Å²) in [5.74, 6) is 0. The molecule has 0 bridgehead atoms. The third-order valence-corrected chi connectivity index (χ3v) is 8.71. The third-order valence-electron chi connectivity index (χ3n) is 5.83. The van der Waals surface area contributed by atoms with Crippen LogP contribution in [0.25, 0.3) is 21.0 Å². The number of carbonyl (C=O) groups is 1. The second-order valence-electron chi connectivity index (χ2n) is 10.7. The zero-order chi connectivity index (χ0) is 27.7. The molecule has 4 rings (SSSR count). The van der Waals surface area contributed by atoms with Gasteiger partial charge in [-0.05, 0) is 83.9 Å². The lowest BCUT2D eigenvalue weighted by Crippen LogP contribution is -2.40. The highest BCUT2D eigenvalue weighted by Crippen LogP contribution is 2.38. The number of thiazole rings is 1. The van der Waals surface area contributed by atoms with Crippen LogP contribution in [-0.2, 0) is 10.0 Å². The van der Waals surface area contributed by atoms with Gasteiger partial charge in [-0.3, -0.25) is 0 Å². The zero-order valence-electron chi connectivity index (χ0n) is 22.3. The standard InChI is InChI=1S/C27H35N5O4S2/c1-17(2)29-26(34)30-19-10-8-18(9-11-19)25-28-16-22(37-25)21-13-12-20(32-14-6-7-24(32)33)15-23(21)38(35,36)31-27(3,4)5/h8-13,15-17,24,31,33H,6-7,14H2,1-5H3,(H2,29,30,34). The van der Waals surface area contributed by atoms with Gasteiger partial charge in [-0.2, -0.15) is 0 Å². The summed E-state index contributed by atoms with van der Waals surface area (Å²) in [5, 5.41) is 16.7. The van der Waals surface area contributed by atoms with E-state index in [1.807, 2.05) is 36.9 Å². The molecule has 0 spiro atoms. The van der Waals surface area contributed by atoms with Crippen LogP contribution in [0.1, 0.15) is 47.5 Å². The van der Waals surface area contributed by atoms with Crippen molar-refractivity contribution in [1.29, 1.82) is 0 Å². The van der Waals surface area contributed by atoms with Crippen LogP contribution >= 0.6 is 11.3 Å². The molecule has 4 N–H and O–H groups in total. The van der Waals surface area contributed by atoms with Gasteiger partial charge in [0.2, 0.25) is 10.0 Å². The number of hydrogen-bond donors (Lipinski definition) is 4. The van der Waals surface area contributed by atoms with Crippen LogP contribution in [0.2, 0.25) is 0 Å². The maximum atomic E-state index is 13.5. The van der Waals surface area contributed by atoms with Gasteiger partial charge in [0.1, 0.15) is 11.2 Å². The summed E-state index contributed by atoms with van der Waals surface area (Å²) in [6.07, 6.45) is 2.55. The highest BCUT2D eigenvalue weighted by Gasteiger charge is 2.29. The van der Waals surface area contributed by atoms with Gasteiger partial charge in [0, 0.05) is 46.8 Å². The number of aliphatic hydroxyl groups is 1. The quantitative estimate of drug-likeness (QED) is 0.324. The predicted molar refractivity (Wildman–Crippen MR) is 153 cm³/mol. The van der Waals surface area contributed by atoms with Crippen LogP contribution in [0, 0.1) is 0 Å². The lowest BCUT2D eigenvalue weighted by atomic mass is 10.1. The molecule has 1 aromatic heterocycles. The van der Waals surface area contributed by atoms with E-state index in [4.69, 9.17) is 0 Å². The van der Waals surface area contributed by atoms with Crippen LogP contribution in [-0.4, -0.2) is 48.9 Å². The van der Waals surface area contributed by atoms with Gasteiger partial charge < -0.3 is 20.6 Å². The van der Waals surface area contributed by atoms with E-state index in [0.717, 1.165) is 17.0 Å². The molecule has 1 aliphatic rings. The molecule has 11 heteroatoms. The molecule has 2 amide bonds. The van der Waals surface area contributed by atoms with Crippen molar-refractivity contribution in [3.05, 3.63) is 48.7 Å². The molecule has 2 aromatic carbocycles. The van der Waals surface area contributed by atoms with E-state index in [0.29, 0.717) is 34.8 Å². The SMILES string of the molecule is CC(C)NC(=O)Nc1ccc(-c2ncc(-c3ccc(N4CCCC4O)cc3S(=O)(=O)NC(C)(C)C)s2)cc1. The topological polar surface area (TPSA) is 124 Å². The molecule has 9 nitrogen and oxygen atoms in total. The number of sulfonamides is 1. The first-order valence-corrected chi connectivity index (χ1v) is 14.9. The second kappa shape index (κ2) is 11.0. The van der Waals surface area contributed by atoms with E-state index >= 15 is 0 Å². The van der Waals surface area contributed by atoms with E-state index in [2.05, 4.69) is 20.3 Å². The van der Waals surface area contributed by atoms with Crippen molar-refractivity contribution >= 4 is 38.8 Å². The van der Waals surface area contributed by atoms with Crippen molar-refractivity contribution in [1.82, 2.24) is 15.0 Å². The molecule has 0 aliphatic carbocycles. The largest absolute Gasteiger partial charge is 0.374 e. The third kappa shape index (κ3) is 6.71. The fourth-order valence-electron chi connectivity index (χ4n) is 4.28. The monoisotopic (exact) mass is 557 g/mol. The number of aliphatic hydroxyl groups excluding tert-OH is 1. The Morgan fingerprint density at radius 2 is 1.87 bits per heavy atom. The van der Waals surface area contributed by atoms with Crippen molar-refractivity contribution in [3.8, 4) is 21.0 Å². The van der Waals surface area contributed by atoms with Gasteiger partial charge in [0.05, 0.1) is 9.77 Å². The van der Waals surface area contributed by atoms with Gasteiger partial charge in [-0.25, -0.2) is 22.9 Å². The van der Waals surface area contributed by atoms with Crippen molar-refractivity contribution < 1.29 is 18.3 Å². The average molecular weight is 558 g/mol. The average Bonchev–Trinajstić information content (AvgIpc) is 3.46. The minimum Gasteiger partial charge on any atom is -0.374 e. The maximum Gasteiger partial charge on any atom is 0.319 e. The van der Waals surface area contributed by atoms with Crippen LogP contribution in [0.5, 0.6) is 0 Å². The smallest absolute Gasteiger partial charge is 0.319 e. The Morgan fingerprint density at radius 3 is 2.47 bits per heavy atom. The fraction of sp³-hybridized carbons (Fsp3) is 0.407. The Bertz CT molecular complexity index is 1400. The van der Waals surface area contributed by atoms with Crippen LogP contribution < -0.4 is 20.3 Å². The van der Waals surface area contributed by atoms with Crippen molar-refractivity contribution in [2.45, 2.75) is 70.2 Å². The first-order valence-electron chi connectivity index (χ1n) is 12.6. The molecule has 3 aromatic rings. The molecular weight excluding hydrogens is 522 g/mol. The van der Waals surface area contributed by atoms with E-state index in [1.165, 1.54) is 11.3 Å². The van der Waals surface area contributed by atoms with Gasteiger partial charge in [0.25, 0.3) is 0 Å². The summed E-state index contributed by atoms with van der Waals surface area (Å²) < 4.78 is 29.8.